The molecular weight excluding hydrogens is 240 g/mol. The summed E-state index contributed by atoms with van der Waals surface area (Å²) >= 11 is 0. The quantitative estimate of drug-likeness (QED) is 0.643. The van der Waals surface area contributed by atoms with E-state index in [1.807, 2.05) is 26.0 Å². The second kappa shape index (κ2) is 5.91. The maximum Gasteiger partial charge on any atom is 0.171 e. The van der Waals surface area contributed by atoms with Gasteiger partial charge in [-0.25, -0.2) is 4.98 Å². The number of ether oxygens (including phenoxy) is 1. The fourth-order valence-electron chi connectivity index (χ4n) is 2.39. The summed E-state index contributed by atoms with van der Waals surface area (Å²) in [6.45, 7) is 5.70. The predicted molar refractivity (Wildman–Crippen MR) is 76.9 cm³/mol. The van der Waals surface area contributed by atoms with Crippen molar-refractivity contribution in [1.82, 2.24) is 4.98 Å². The number of amidine groups is 1. The molecule has 0 radical (unpaired) electrons. The number of hydrogen-bond donors (Lipinski definition) is 2. The smallest absolute Gasteiger partial charge is 0.171 e. The van der Waals surface area contributed by atoms with E-state index in [1.54, 1.807) is 6.20 Å². The van der Waals surface area contributed by atoms with Gasteiger partial charge in [0.05, 0.1) is 11.9 Å². The highest BCUT2D eigenvalue weighted by atomic mass is 16.5. The van der Waals surface area contributed by atoms with E-state index < -0.39 is 0 Å². The molecule has 0 aromatic carbocycles. The molecule has 1 aliphatic rings. The number of pyridine rings is 1. The van der Waals surface area contributed by atoms with E-state index in [2.05, 4.69) is 9.88 Å². The fourth-order valence-corrected chi connectivity index (χ4v) is 2.39. The number of nitrogens with one attached hydrogen (secondary N) is 1. The molecule has 1 atom stereocenters. The van der Waals surface area contributed by atoms with Gasteiger partial charge >= 0.3 is 0 Å². The second-order valence-electron chi connectivity index (χ2n) is 5.23. The Bertz CT molecular complexity index is 447. The molecule has 0 saturated carbocycles. The van der Waals surface area contributed by atoms with Gasteiger partial charge in [0.15, 0.2) is 11.6 Å². The zero-order valence-corrected chi connectivity index (χ0v) is 11.6. The third-order valence-electron chi connectivity index (χ3n) is 3.27. The van der Waals surface area contributed by atoms with Crippen LogP contribution in [0, 0.1) is 11.3 Å². The molecule has 0 amide bonds. The summed E-state index contributed by atoms with van der Waals surface area (Å²) in [7, 11) is 0. The Labute approximate surface area is 114 Å². The Morgan fingerprint density at radius 3 is 3.05 bits per heavy atom. The van der Waals surface area contributed by atoms with Crippen molar-refractivity contribution in [1.29, 1.82) is 5.41 Å². The Kier molecular flexibility index (Phi) is 4.24. The molecule has 5 heteroatoms. The van der Waals surface area contributed by atoms with Gasteiger partial charge < -0.3 is 15.4 Å². The van der Waals surface area contributed by atoms with Crippen molar-refractivity contribution in [2.24, 2.45) is 11.7 Å². The summed E-state index contributed by atoms with van der Waals surface area (Å²) in [6.07, 6.45) is 3.91. The van der Waals surface area contributed by atoms with Gasteiger partial charge in [0, 0.05) is 25.2 Å². The molecule has 1 aliphatic heterocycles. The number of nitrogens with zero attached hydrogens (tertiary/aromatic N) is 2. The zero-order chi connectivity index (χ0) is 13.8. The van der Waals surface area contributed by atoms with Crippen LogP contribution in [0.5, 0.6) is 5.75 Å². The molecule has 1 fully saturated rings. The second-order valence-corrected chi connectivity index (χ2v) is 5.23. The lowest BCUT2D eigenvalue weighted by molar-refractivity contribution is 0.241. The molecule has 1 aromatic heterocycles. The van der Waals surface area contributed by atoms with Crippen LogP contribution in [-0.2, 0) is 0 Å². The average molecular weight is 262 g/mol. The molecule has 0 aliphatic carbocycles. The Hall–Kier alpha value is -1.78. The largest absolute Gasteiger partial charge is 0.487 e. The van der Waals surface area contributed by atoms with E-state index in [9.17, 15) is 0 Å². The minimum atomic E-state index is 0.122. The van der Waals surface area contributed by atoms with Crippen LogP contribution >= 0.6 is 0 Å². The number of rotatable bonds is 4. The van der Waals surface area contributed by atoms with Crippen LogP contribution in [0.2, 0.25) is 0 Å². The van der Waals surface area contributed by atoms with Gasteiger partial charge in [0.2, 0.25) is 0 Å². The lowest BCUT2D eigenvalue weighted by Crippen LogP contribution is -2.41. The summed E-state index contributed by atoms with van der Waals surface area (Å²) < 4.78 is 5.81. The Balaban J connectivity index is 2.18. The van der Waals surface area contributed by atoms with E-state index in [0.29, 0.717) is 0 Å². The van der Waals surface area contributed by atoms with Crippen molar-refractivity contribution in [2.45, 2.75) is 32.8 Å². The number of nitrogens with two attached hydrogens (primary N) is 1. The van der Waals surface area contributed by atoms with Crippen LogP contribution in [0.25, 0.3) is 0 Å². The molecule has 2 rings (SSSR count). The summed E-state index contributed by atoms with van der Waals surface area (Å²) in [6, 6.07) is 3.83. The SMILES string of the molecule is CC(C)Oc1cccnc1N1CCCC(C(=N)N)C1. The molecule has 0 bridgehead atoms. The molecule has 0 spiro atoms. The van der Waals surface area contributed by atoms with Gasteiger partial charge in [0.25, 0.3) is 0 Å². The van der Waals surface area contributed by atoms with Crippen LogP contribution in [0.1, 0.15) is 26.7 Å². The first kappa shape index (κ1) is 13.6. The van der Waals surface area contributed by atoms with E-state index in [1.165, 1.54) is 0 Å². The van der Waals surface area contributed by atoms with E-state index in [-0.39, 0.29) is 17.9 Å². The summed E-state index contributed by atoms with van der Waals surface area (Å²) in [4.78, 5) is 6.61. The Morgan fingerprint density at radius 2 is 2.37 bits per heavy atom. The topological polar surface area (TPSA) is 75.2 Å². The van der Waals surface area contributed by atoms with E-state index >= 15 is 0 Å². The Morgan fingerprint density at radius 1 is 1.58 bits per heavy atom. The predicted octanol–water partition coefficient (Wildman–Crippen LogP) is 2.02. The first-order chi connectivity index (χ1) is 9.08. The first-order valence-electron chi connectivity index (χ1n) is 6.78. The van der Waals surface area contributed by atoms with Crippen molar-refractivity contribution in [3.8, 4) is 5.75 Å². The molecule has 3 N–H and O–H groups in total. The first-order valence-corrected chi connectivity index (χ1v) is 6.78. The standard InChI is InChI=1S/C14H22N4O/c1-10(2)19-12-6-3-7-17-14(12)18-8-4-5-11(9-18)13(15)16/h3,6-7,10-11H,4-5,8-9H2,1-2H3,(H3,15,16). The molecule has 104 valence electrons. The number of piperidine rings is 1. The van der Waals surface area contributed by atoms with E-state index in [0.717, 1.165) is 37.5 Å². The van der Waals surface area contributed by atoms with Crippen molar-refractivity contribution >= 4 is 11.7 Å². The molecule has 1 aromatic rings. The summed E-state index contributed by atoms with van der Waals surface area (Å²) in [5.74, 6) is 2.07. The maximum atomic E-state index is 7.61. The average Bonchev–Trinajstić information content (AvgIpc) is 2.39. The fraction of sp³-hybridized carbons (Fsp3) is 0.571. The van der Waals surface area contributed by atoms with Gasteiger partial charge in [-0.3, -0.25) is 5.41 Å². The highest BCUT2D eigenvalue weighted by Crippen LogP contribution is 2.30. The van der Waals surface area contributed by atoms with Crippen molar-refractivity contribution in [3.05, 3.63) is 18.3 Å². The van der Waals surface area contributed by atoms with Crippen LogP contribution < -0.4 is 15.4 Å². The monoisotopic (exact) mass is 262 g/mol. The van der Waals surface area contributed by atoms with Crippen LogP contribution in [0.4, 0.5) is 5.82 Å². The number of anilines is 1. The van der Waals surface area contributed by atoms with Gasteiger partial charge in [-0.1, -0.05) is 0 Å². The highest BCUT2D eigenvalue weighted by Gasteiger charge is 2.24. The molecule has 5 nitrogen and oxygen atoms in total. The minimum absolute atomic E-state index is 0.122. The van der Waals surface area contributed by atoms with Crippen LogP contribution in [0.15, 0.2) is 18.3 Å². The lowest BCUT2D eigenvalue weighted by Gasteiger charge is -2.33. The van der Waals surface area contributed by atoms with Gasteiger partial charge in [0.1, 0.15) is 0 Å². The van der Waals surface area contributed by atoms with Crippen molar-refractivity contribution < 1.29 is 4.74 Å². The lowest BCUT2D eigenvalue weighted by atomic mass is 9.97. The minimum Gasteiger partial charge on any atom is -0.487 e. The third-order valence-corrected chi connectivity index (χ3v) is 3.27. The molecule has 19 heavy (non-hydrogen) atoms. The van der Waals surface area contributed by atoms with Crippen molar-refractivity contribution in [3.63, 3.8) is 0 Å². The van der Waals surface area contributed by atoms with E-state index in [4.69, 9.17) is 15.9 Å². The number of aromatic nitrogens is 1. The van der Waals surface area contributed by atoms with Gasteiger partial charge in [-0.2, -0.15) is 0 Å². The van der Waals surface area contributed by atoms with Gasteiger partial charge in [-0.15, -0.1) is 0 Å². The van der Waals surface area contributed by atoms with Crippen molar-refractivity contribution in [2.75, 3.05) is 18.0 Å². The summed E-state index contributed by atoms with van der Waals surface area (Å²) in [5, 5.41) is 7.61. The van der Waals surface area contributed by atoms with Crippen LogP contribution in [-0.4, -0.2) is 30.0 Å². The number of hydrogen-bond acceptors (Lipinski definition) is 4. The van der Waals surface area contributed by atoms with Gasteiger partial charge in [-0.05, 0) is 38.8 Å². The third kappa shape index (κ3) is 3.36. The normalized spacial score (nSPS) is 19.5. The van der Waals surface area contributed by atoms with Crippen LogP contribution in [0.3, 0.4) is 0 Å². The molecule has 1 saturated heterocycles. The molecular formula is C14H22N4O. The zero-order valence-electron chi connectivity index (χ0n) is 11.6. The molecule has 2 heterocycles. The summed E-state index contributed by atoms with van der Waals surface area (Å²) in [5.41, 5.74) is 5.63. The maximum absolute atomic E-state index is 7.61. The molecule has 1 unspecified atom stereocenters. The highest BCUT2D eigenvalue weighted by molar-refractivity contribution is 5.80.